The summed E-state index contributed by atoms with van der Waals surface area (Å²) in [5.74, 6) is -2.67. The van der Waals surface area contributed by atoms with Crippen molar-refractivity contribution >= 4 is 28.8 Å². The number of hydrogen-bond acceptors (Lipinski definition) is 3. The highest BCUT2D eigenvalue weighted by Gasteiger charge is 2.17. The van der Waals surface area contributed by atoms with Crippen molar-refractivity contribution in [3.63, 3.8) is 0 Å². The van der Waals surface area contributed by atoms with Crippen molar-refractivity contribution in [2.75, 3.05) is 0 Å². The van der Waals surface area contributed by atoms with Crippen LogP contribution in [0.2, 0.25) is 0 Å². The van der Waals surface area contributed by atoms with Crippen molar-refractivity contribution in [1.29, 1.82) is 0 Å². The van der Waals surface area contributed by atoms with Gasteiger partial charge >= 0.3 is 11.9 Å². The number of halogens is 1. The molecule has 0 aliphatic carbocycles. The molecule has 1 rings (SSSR count). The number of carboxylic acids is 2. The van der Waals surface area contributed by atoms with Crippen molar-refractivity contribution in [2.45, 2.75) is 0 Å². The largest absolute Gasteiger partial charge is 0.478 e. The summed E-state index contributed by atoms with van der Waals surface area (Å²) in [6.45, 7) is 0. The molecule has 15 heavy (non-hydrogen) atoms. The molecular formula is C9H5ClO5. The van der Waals surface area contributed by atoms with Gasteiger partial charge in [0.1, 0.15) is 0 Å². The van der Waals surface area contributed by atoms with E-state index >= 15 is 0 Å². The fraction of sp³-hybridized carbons (Fsp3) is 0. The molecule has 0 aliphatic heterocycles. The Balaban J connectivity index is 3.40. The Morgan fingerprint density at radius 2 is 1.60 bits per heavy atom. The number of rotatable bonds is 3. The molecule has 0 amide bonds. The zero-order chi connectivity index (χ0) is 11.6. The minimum Gasteiger partial charge on any atom is -0.478 e. The molecule has 1 aromatic rings. The number of hydrogen-bond donors (Lipinski definition) is 2. The van der Waals surface area contributed by atoms with Gasteiger partial charge < -0.3 is 10.2 Å². The van der Waals surface area contributed by atoms with Gasteiger partial charge in [-0.05, 0) is 29.8 Å². The van der Waals surface area contributed by atoms with Crippen molar-refractivity contribution in [3.8, 4) is 0 Å². The first-order valence-corrected chi connectivity index (χ1v) is 4.11. The van der Waals surface area contributed by atoms with Gasteiger partial charge in [-0.1, -0.05) is 0 Å². The molecule has 0 saturated heterocycles. The van der Waals surface area contributed by atoms with Crippen molar-refractivity contribution in [2.24, 2.45) is 0 Å². The van der Waals surface area contributed by atoms with Crippen molar-refractivity contribution in [3.05, 3.63) is 34.9 Å². The molecule has 0 unspecified atom stereocenters. The lowest BCUT2D eigenvalue weighted by Crippen LogP contribution is -2.07. The first-order chi connectivity index (χ1) is 6.93. The molecule has 0 aliphatic rings. The van der Waals surface area contributed by atoms with Crippen LogP contribution in [-0.2, 0) is 0 Å². The normalized spacial score (nSPS) is 9.67. The van der Waals surface area contributed by atoms with Crippen LogP contribution in [0.15, 0.2) is 18.2 Å². The smallest absolute Gasteiger partial charge is 0.336 e. The van der Waals surface area contributed by atoms with Crippen LogP contribution in [-0.4, -0.2) is 27.4 Å². The Labute approximate surface area is 88.9 Å². The van der Waals surface area contributed by atoms with Crippen LogP contribution in [0.5, 0.6) is 0 Å². The summed E-state index contributed by atoms with van der Waals surface area (Å²) in [5.41, 5.74) is -0.863. The lowest BCUT2D eigenvalue weighted by atomic mass is 10.0. The molecule has 0 radical (unpaired) electrons. The molecule has 0 fully saturated rings. The highest BCUT2D eigenvalue weighted by atomic mass is 35.5. The first kappa shape index (κ1) is 11.2. The third-order valence-electron chi connectivity index (χ3n) is 1.71. The lowest BCUT2D eigenvalue weighted by molar-refractivity contribution is 0.0693. The van der Waals surface area contributed by atoms with Crippen molar-refractivity contribution in [1.82, 2.24) is 0 Å². The van der Waals surface area contributed by atoms with E-state index in [1.165, 1.54) is 0 Å². The Morgan fingerprint density at radius 1 is 1.00 bits per heavy atom. The van der Waals surface area contributed by atoms with E-state index in [0.717, 1.165) is 18.2 Å². The maximum Gasteiger partial charge on any atom is 0.336 e. The van der Waals surface area contributed by atoms with Gasteiger partial charge in [0.2, 0.25) is 0 Å². The number of carbonyl (C=O) groups is 3. The maximum atomic E-state index is 10.8. The second-order valence-corrected chi connectivity index (χ2v) is 2.99. The van der Waals surface area contributed by atoms with E-state index in [2.05, 4.69) is 0 Å². The SMILES string of the molecule is O=C(O)c1ccc(C(=O)Cl)c(C(=O)O)c1. The van der Waals surface area contributed by atoms with Gasteiger partial charge in [0, 0.05) is 5.56 Å². The summed E-state index contributed by atoms with van der Waals surface area (Å²) < 4.78 is 0. The Bertz CT molecular complexity index is 452. The molecule has 6 heteroatoms. The van der Waals surface area contributed by atoms with Crippen molar-refractivity contribution < 1.29 is 24.6 Å². The Morgan fingerprint density at radius 3 is 2.00 bits per heavy atom. The molecule has 78 valence electrons. The van der Waals surface area contributed by atoms with E-state index in [9.17, 15) is 14.4 Å². The molecule has 0 saturated carbocycles. The lowest BCUT2D eigenvalue weighted by Gasteiger charge is -2.02. The summed E-state index contributed by atoms with van der Waals surface area (Å²) in [4.78, 5) is 32.0. The van der Waals surface area contributed by atoms with E-state index < -0.39 is 22.7 Å². The molecule has 0 bridgehead atoms. The highest BCUT2D eigenvalue weighted by Crippen LogP contribution is 2.14. The molecule has 0 spiro atoms. The fourth-order valence-electron chi connectivity index (χ4n) is 1.03. The predicted molar refractivity (Wildman–Crippen MR) is 50.5 cm³/mol. The summed E-state index contributed by atoms with van der Waals surface area (Å²) in [7, 11) is 0. The standard InChI is InChI=1S/C9H5ClO5/c10-7(11)5-2-1-4(8(12)13)3-6(5)9(14)15/h1-3H,(H,12,13)(H,14,15). The van der Waals surface area contributed by atoms with E-state index in [-0.39, 0.29) is 11.1 Å². The highest BCUT2D eigenvalue weighted by molar-refractivity contribution is 6.68. The predicted octanol–water partition coefficient (Wildman–Crippen LogP) is 1.46. The number of carbonyl (C=O) groups excluding carboxylic acids is 1. The van der Waals surface area contributed by atoms with Crippen LogP contribution < -0.4 is 0 Å². The molecule has 2 N–H and O–H groups in total. The van der Waals surface area contributed by atoms with Gasteiger partial charge in [-0.25, -0.2) is 9.59 Å². The van der Waals surface area contributed by atoms with Gasteiger partial charge in [-0.15, -0.1) is 0 Å². The summed E-state index contributed by atoms with van der Waals surface area (Å²) in [5, 5.41) is 16.4. The number of carboxylic acid groups (broad SMARTS) is 2. The molecule has 5 nitrogen and oxygen atoms in total. The van der Waals surface area contributed by atoms with Gasteiger partial charge in [0.25, 0.3) is 5.24 Å². The van der Waals surface area contributed by atoms with Crippen LogP contribution in [0.25, 0.3) is 0 Å². The second kappa shape index (κ2) is 4.10. The minimum atomic E-state index is -1.40. The van der Waals surface area contributed by atoms with Crippen LogP contribution in [0.3, 0.4) is 0 Å². The minimum absolute atomic E-state index is 0.214. The average molecular weight is 229 g/mol. The van der Waals surface area contributed by atoms with Gasteiger partial charge in [-0.3, -0.25) is 4.79 Å². The van der Waals surface area contributed by atoms with Gasteiger partial charge in [0.15, 0.2) is 0 Å². The van der Waals surface area contributed by atoms with E-state index in [1.54, 1.807) is 0 Å². The molecule has 1 aromatic carbocycles. The third-order valence-corrected chi connectivity index (χ3v) is 1.91. The maximum absolute atomic E-state index is 10.8. The number of aromatic carboxylic acids is 2. The van der Waals surface area contributed by atoms with Crippen LogP contribution in [0.1, 0.15) is 31.1 Å². The third kappa shape index (κ3) is 2.32. The van der Waals surface area contributed by atoms with E-state index in [1.807, 2.05) is 0 Å². The Hall–Kier alpha value is -1.88. The molecule has 0 heterocycles. The first-order valence-electron chi connectivity index (χ1n) is 3.74. The zero-order valence-electron chi connectivity index (χ0n) is 7.23. The zero-order valence-corrected chi connectivity index (χ0v) is 7.99. The fourth-order valence-corrected chi connectivity index (χ4v) is 1.19. The summed E-state index contributed by atoms with van der Waals surface area (Å²) >= 11 is 5.13. The molecule has 0 aromatic heterocycles. The van der Waals surface area contributed by atoms with Gasteiger partial charge in [0.05, 0.1) is 11.1 Å². The van der Waals surface area contributed by atoms with E-state index in [0.29, 0.717) is 0 Å². The monoisotopic (exact) mass is 228 g/mol. The Kier molecular flexibility index (Phi) is 3.06. The summed E-state index contributed by atoms with van der Waals surface area (Å²) in [6, 6.07) is 3.08. The quantitative estimate of drug-likeness (QED) is 0.764. The van der Waals surface area contributed by atoms with Crippen LogP contribution in [0, 0.1) is 0 Å². The summed E-state index contributed by atoms with van der Waals surface area (Å²) in [6.07, 6.45) is 0. The molecule has 0 atom stereocenters. The number of benzene rings is 1. The topological polar surface area (TPSA) is 91.7 Å². The van der Waals surface area contributed by atoms with Crippen LogP contribution >= 0.6 is 11.6 Å². The average Bonchev–Trinajstić information content (AvgIpc) is 2.16. The molecular weight excluding hydrogens is 224 g/mol. The van der Waals surface area contributed by atoms with Crippen LogP contribution in [0.4, 0.5) is 0 Å². The van der Waals surface area contributed by atoms with Gasteiger partial charge in [-0.2, -0.15) is 0 Å². The second-order valence-electron chi connectivity index (χ2n) is 2.64. The van der Waals surface area contributed by atoms with E-state index in [4.69, 9.17) is 21.8 Å².